The number of rotatable bonds is 5. The molecule has 2 rings (SSSR count). The van der Waals surface area contributed by atoms with Crippen molar-refractivity contribution in [3.05, 3.63) is 16.4 Å². The summed E-state index contributed by atoms with van der Waals surface area (Å²) in [6.45, 7) is 3.72. The first kappa shape index (κ1) is 14.8. The van der Waals surface area contributed by atoms with E-state index in [1.807, 2.05) is 11.7 Å². The normalized spacial score (nSPS) is 23.5. The van der Waals surface area contributed by atoms with E-state index in [0.29, 0.717) is 12.0 Å². The van der Waals surface area contributed by atoms with E-state index in [4.69, 9.17) is 17.3 Å². The lowest BCUT2D eigenvalue weighted by atomic mass is 10.0. The van der Waals surface area contributed by atoms with Crippen LogP contribution in [0.2, 0.25) is 5.02 Å². The fourth-order valence-electron chi connectivity index (χ4n) is 3.22. The average Bonchev–Trinajstić information content (AvgIpc) is 2.97. The fourth-order valence-corrected chi connectivity index (χ4v) is 3.57. The largest absolute Gasteiger partial charge is 0.330 e. The van der Waals surface area contributed by atoms with Crippen LogP contribution in [0.5, 0.6) is 0 Å². The Morgan fingerprint density at radius 3 is 2.79 bits per heavy atom. The molecule has 1 aliphatic rings. The van der Waals surface area contributed by atoms with Crippen molar-refractivity contribution in [3.63, 3.8) is 0 Å². The van der Waals surface area contributed by atoms with Gasteiger partial charge in [-0.15, -0.1) is 0 Å². The van der Waals surface area contributed by atoms with Crippen LogP contribution in [0.4, 0.5) is 0 Å². The van der Waals surface area contributed by atoms with Crippen molar-refractivity contribution in [2.75, 3.05) is 13.6 Å². The van der Waals surface area contributed by atoms with E-state index in [0.717, 1.165) is 35.9 Å². The van der Waals surface area contributed by atoms with Crippen molar-refractivity contribution in [2.24, 2.45) is 18.7 Å². The quantitative estimate of drug-likeness (QED) is 0.902. The van der Waals surface area contributed by atoms with Gasteiger partial charge in [0.2, 0.25) is 0 Å². The Morgan fingerprint density at radius 2 is 2.21 bits per heavy atom. The Labute approximate surface area is 120 Å². The Kier molecular flexibility index (Phi) is 4.87. The van der Waals surface area contributed by atoms with E-state index in [1.165, 1.54) is 19.3 Å². The van der Waals surface area contributed by atoms with E-state index >= 15 is 0 Å². The predicted octanol–water partition coefficient (Wildman–Crippen LogP) is 2.20. The topological polar surface area (TPSA) is 47.1 Å². The van der Waals surface area contributed by atoms with Gasteiger partial charge in [0.25, 0.3) is 0 Å². The molecule has 5 heteroatoms. The molecule has 0 amide bonds. The molecular formula is C14H25ClN4. The van der Waals surface area contributed by atoms with Crippen LogP contribution < -0.4 is 5.73 Å². The molecule has 1 aliphatic carbocycles. The molecule has 0 spiro atoms. The second-order valence-corrected chi connectivity index (χ2v) is 5.97. The molecule has 4 nitrogen and oxygen atoms in total. The molecule has 0 aliphatic heterocycles. The number of aryl methyl sites for hydroxylation is 2. The van der Waals surface area contributed by atoms with Crippen LogP contribution in [0.25, 0.3) is 0 Å². The van der Waals surface area contributed by atoms with Crippen molar-refractivity contribution in [1.29, 1.82) is 0 Å². The summed E-state index contributed by atoms with van der Waals surface area (Å²) >= 11 is 6.42. The zero-order valence-electron chi connectivity index (χ0n) is 12.2. The maximum atomic E-state index is 6.42. The van der Waals surface area contributed by atoms with E-state index in [-0.39, 0.29) is 0 Å². The highest BCUT2D eigenvalue weighted by atomic mass is 35.5. The van der Waals surface area contributed by atoms with Gasteiger partial charge in [0, 0.05) is 19.6 Å². The van der Waals surface area contributed by atoms with E-state index in [1.54, 1.807) is 0 Å². The molecule has 2 unspecified atom stereocenters. The number of nitrogens with two attached hydrogens (primary N) is 1. The molecule has 1 fully saturated rings. The standard InChI is InChI=1S/C14H25ClN4/c1-4-11-14(15)13(19(3)17-11)9-18(2)12-7-5-6-10(12)8-16/h10,12H,4-9,16H2,1-3H3. The van der Waals surface area contributed by atoms with Gasteiger partial charge in [-0.1, -0.05) is 24.9 Å². The predicted molar refractivity (Wildman–Crippen MR) is 79.2 cm³/mol. The fraction of sp³-hybridized carbons (Fsp3) is 0.786. The minimum absolute atomic E-state index is 0.584. The SMILES string of the molecule is CCc1nn(C)c(CN(C)C2CCCC2CN)c1Cl. The van der Waals surface area contributed by atoms with Gasteiger partial charge in [-0.2, -0.15) is 5.10 Å². The molecule has 0 bridgehead atoms. The van der Waals surface area contributed by atoms with Gasteiger partial charge in [-0.3, -0.25) is 9.58 Å². The molecule has 2 N–H and O–H groups in total. The third-order valence-corrected chi connectivity index (χ3v) is 4.83. The molecule has 108 valence electrons. The molecule has 0 aromatic carbocycles. The molecule has 1 aromatic rings. The number of nitrogens with zero attached hydrogens (tertiary/aromatic N) is 3. The zero-order chi connectivity index (χ0) is 14.0. The van der Waals surface area contributed by atoms with E-state index in [2.05, 4.69) is 24.0 Å². The minimum atomic E-state index is 0.584. The molecular weight excluding hydrogens is 260 g/mol. The van der Waals surface area contributed by atoms with Crippen molar-refractivity contribution < 1.29 is 0 Å². The van der Waals surface area contributed by atoms with E-state index < -0.39 is 0 Å². The number of halogens is 1. The second-order valence-electron chi connectivity index (χ2n) is 5.59. The summed E-state index contributed by atoms with van der Waals surface area (Å²) < 4.78 is 1.92. The molecule has 19 heavy (non-hydrogen) atoms. The summed E-state index contributed by atoms with van der Waals surface area (Å²) in [5.41, 5.74) is 7.98. The lowest BCUT2D eigenvalue weighted by Crippen LogP contribution is -2.37. The van der Waals surface area contributed by atoms with Crippen molar-refractivity contribution in [2.45, 2.75) is 45.2 Å². The zero-order valence-corrected chi connectivity index (χ0v) is 13.0. The monoisotopic (exact) mass is 284 g/mol. The summed E-state index contributed by atoms with van der Waals surface area (Å²) in [5, 5.41) is 5.31. The third kappa shape index (κ3) is 2.96. The van der Waals surface area contributed by atoms with E-state index in [9.17, 15) is 0 Å². The van der Waals surface area contributed by atoms with Crippen LogP contribution in [-0.4, -0.2) is 34.3 Å². The Hall–Kier alpha value is -0.580. The van der Waals surface area contributed by atoms with Gasteiger partial charge < -0.3 is 5.73 Å². The lowest BCUT2D eigenvalue weighted by Gasteiger charge is -2.29. The summed E-state index contributed by atoms with van der Waals surface area (Å²) in [7, 11) is 4.15. The summed E-state index contributed by atoms with van der Waals surface area (Å²) in [5.74, 6) is 0.627. The van der Waals surface area contributed by atoms with Crippen LogP contribution in [0, 0.1) is 5.92 Å². The Morgan fingerprint density at radius 1 is 1.47 bits per heavy atom. The van der Waals surface area contributed by atoms with Gasteiger partial charge in [-0.25, -0.2) is 0 Å². The van der Waals surface area contributed by atoms with Crippen LogP contribution in [0.15, 0.2) is 0 Å². The third-order valence-electron chi connectivity index (χ3n) is 4.39. The average molecular weight is 285 g/mol. The van der Waals surface area contributed by atoms with Gasteiger partial charge in [0.1, 0.15) is 0 Å². The molecule has 1 saturated carbocycles. The van der Waals surface area contributed by atoms with Crippen LogP contribution in [0.3, 0.4) is 0 Å². The first-order chi connectivity index (χ1) is 9.08. The Balaban J connectivity index is 2.10. The maximum absolute atomic E-state index is 6.42. The van der Waals surface area contributed by atoms with Crippen LogP contribution in [-0.2, 0) is 20.0 Å². The van der Waals surface area contributed by atoms with Crippen molar-refractivity contribution in [1.82, 2.24) is 14.7 Å². The minimum Gasteiger partial charge on any atom is -0.330 e. The first-order valence-electron chi connectivity index (χ1n) is 7.19. The van der Waals surface area contributed by atoms with Crippen molar-refractivity contribution >= 4 is 11.6 Å². The maximum Gasteiger partial charge on any atom is 0.0863 e. The summed E-state index contributed by atoms with van der Waals surface area (Å²) in [6, 6.07) is 0.584. The first-order valence-corrected chi connectivity index (χ1v) is 7.56. The molecule has 2 atom stereocenters. The summed E-state index contributed by atoms with van der Waals surface area (Å²) in [4.78, 5) is 2.40. The highest BCUT2D eigenvalue weighted by Crippen LogP contribution is 2.30. The second kappa shape index (κ2) is 6.25. The number of aromatic nitrogens is 2. The summed E-state index contributed by atoms with van der Waals surface area (Å²) in [6.07, 6.45) is 4.67. The molecule has 0 radical (unpaired) electrons. The van der Waals surface area contributed by atoms with Gasteiger partial charge in [-0.05, 0) is 38.8 Å². The van der Waals surface area contributed by atoms with Crippen LogP contribution in [0.1, 0.15) is 37.6 Å². The van der Waals surface area contributed by atoms with Gasteiger partial charge in [0.05, 0.1) is 16.4 Å². The molecule has 0 saturated heterocycles. The number of hydrogen-bond donors (Lipinski definition) is 1. The Bertz CT molecular complexity index is 429. The van der Waals surface area contributed by atoms with Gasteiger partial charge >= 0.3 is 0 Å². The highest BCUT2D eigenvalue weighted by Gasteiger charge is 2.30. The van der Waals surface area contributed by atoms with Crippen LogP contribution >= 0.6 is 11.6 Å². The van der Waals surface area contributed by atoms with Gasteiger partial charge in [0.15, 0.2) is 0 Å². The van der Waals surface area contributed by atoms with Crippen molar-refractivity contribution in [3.8, 4) is 0 Å². The smallest absolute Gasteiger partial charge is 0.0863 e. The molecule has 1 heterocycles. The highest BCUT2D eigenvalue weighted by molar-refractivity contribution is 6.31. The number of hydrogen-bond acceptors (Lipinski definition) is 3. The lowest BCUT2D eigenvalue weighted by molar-refractivity contribution is 0.188. The molecule has 1 aromatic heterocycles.